The molecule has 0 fully saturated rings. The average molecular weight is 179 g/mol. The summed E-state index contributed by atoms with van der Waals surface area (Å²) in [5.74, 6) is 0. The van der Waals surface area contributed by atoms with Crippen molar-refractivity contribution in [1.29, 1.82) is 0 Å². The molecule has 0 bridgehead atoms. The predicted octanol–water partition coefficient (Wildman–Crippen LogP) is 2.25. The second-order valence-electron chi connectivity index (χ2n) is 1.94. The molecule has 2 nitrogen and oxygen atoms in total. The third-order valence-corrected chi connectivity index (χ3v) is 1.38. The van der Waals surface area contributed by atoms with E-state index in [1.54, 1.807) is 0 Å². The Morgan fingerprint density at radius 1 is 1.55 bits per heavy atom. The Morgan fingerprint density at radius 3 is 2.64 bits per heavy atom. The summed E-state index contributed by atoms with van der Waals surface area (Å²) < 4.78 is 24.1. The molecule has 60 valence electrons. The Morgan fingerprint density at radius 2 is 2.18 bits per heavy atom. The van der Waals surface area contributed by atoms with Gasteiger partial charge in [-0.15, -0.1) is 0 Å². The fraction of sp³-hybridized carbons (Fsp3) is 0.167. The highest BCUT2D eigenvalue weighted by atomic mass is 35.5. The standard InChI is InChI=1S/C6H5ClF2N2/c7-5-1-3(6(8)9)4(10)2-11-5/h1-2,6H,10H2. The van der Waals surface area contributed by atoms with E-state index in [2.05, 4.69) is 4.98 Å². The molecule has 0 saturated heterocycles. The van der Waals surface area contributed by atoms with E-state index in [-0.39, 0.29) is 16.4 Å². The minimum absolute atomic E-state index is 0.0227. The lowest BCUT2D eigenvalue weighted by Gasteiger charge is -2.02. The monoisotopic (exact) mass is 178 g/mol. The number of nitrogens with zero attached hydrogens (tertiary/aromatic N) is 1. The van der Waals surface area contributed by atoms with Gasteiger partial charge in [0.05, 0.1) is 11.9 Å². The molecule has 1 rings (SSSR count). The smallest absolute Gasteiger partial charge is 0.265 e. The average Bonchev–Trinajstić information content (AvgIpc) is 1.94. The van der Waals surface area contributed by atoms with Gasteiger partial charge in [0.2, 0.25) is 0 Å². The van der Waals surface area contributed by atoms with E-state index in [0.29, 0.717) is 0 Å². The zero-order valence-corrected chi connectivity index (χ0v) is 6.15. The molecule has 0 atom stereocenters. The van der Waals surface area contributed by atoms with Crippen molar-refractivity contribution < 1.29 is 8.78 Å². The normalized spacial score (nSPS) is 10.5. The van der Waals surface area contributed by atoms with Crippen LogP contribution in [0.4, 0.5) is 14.5 Å². The molecule has 0 amide bonds. The molecule has 0 spiro atoms. The van der Waals surface area contributed by atoms with Crippen LogP contribution >= 0.6 is 11.6 Å². The summed E-state index contributed by atoms with van der Waals surface area (Å²) in [5.41, 5.74) is 4.88. The lowest BCUT2D eigenvalue weighted by Crippen LogP contribution is -1.95. The molecule has 0 saturated carbocycles. The second-order valence-corrected chi connectivity index (χ2v) is 2.32. The van der Waals surface area contributed by atoms with Gasteiger partial charge in [0.1, 0.15) is 5.15 Å². The molecule has 0 radical (unpaired) electrons. The topological polar surface area (TPSA) is 38.9 Å². The van der Waals surface area contributed by atoms with Gasteiger partial charge in [0.15, 0.2) is 0 Å². The SMILES string of the molecule is Nc1cnc(Cl)cc1C(F)F. The fourth-order valence-corrected chi connectivity index (χ4v) is 0.810. The van der Waals surface area contributed by atoms with Gasteiger partial charge in [-0.2, -0.15) is 0 Å². The zero-order chi connectivity index (χ0) is 8.43. The summed E-state index contributed by atoms with van der Waals surface area (Å²) in [5, 5.41) is 0.0227. The fourth-order valence-electron chi connectivity index (χ4n) is 0.644. The van der Waals surface area contributed by atoms with Crippen LogP contribution in [0.3, 0.4) is 0 Å². The summed E-state index contributed by atoms with van der Waals surface area (Å²) in [6, 6.07) is 1.06. The van der Waals surface area contributed by atoms with Crippen LogP contribution < -0.4 is 5.73 Å². The Hall–Kier alpha value is -0.900. The van der Waals surface area contributed by atoms with Crippen LogP contribution in [-0.2, 0) is 0 Å². The van der Waals surface area contributed by atoms with Crippen LogP contribution in [0, 0.1) is 0 Å². The van der Waals surface area contributed by atoms with Gasteiger partial charge in [-0.3, -0.25) is 0 Å². The first-order chi connectivity index (χ1) is 5.11. The summed E-state index contributed by atoms with van der Waals surface area (Å²) in [6.07, 6.45) is -1.49. The first-order valence-corrected chi connectivity index (χ1v) is 3.18. The maximum atomic E-state index is 12.0. The molecule has 5 heteroatoms. The van der Waals surface area contributed by atoms with E-state index in [4.69, 9.17) is 17.3 Å². The molecule has 1 aromatic rings. The third kappa shape index (κ3) is 1.77. The van der Waals surface area contributed by atoms with E-state index in [1.165, 1.54) is 0 Å². The number of pyridine rings is 1. The lowest BCUT2D eigenvalue weighted by molar-refractivity contribution is 0.152. The van der Waals surface area contributed by atoms with Gasteiger partial charge in [-0.1, -0.05) is 11.6 Å². The minimum Gasteiger partial charge on any atom is -0.397 e. The van der Waals surface area contributed by atoms with Crippen molar-refractivity contribution >= 4 is 17.3 Å². The molecule has 1 heterocycles. The number of aromatic nitrogens is 1. The van der Waals surface area contributed by atoms with Crippen molar-refractivity contribution in [3.63, 3.8) is 0 Å². The maximum absolute atomic E-state index is 12.0. The number of nitrogens with two attached hydrogens (primary N) is 1. The number of nitrogen functional groups attached to an aromatic ring is 1. The quantitative estimate of drug-likeness (QED) is 0.670. The number of rotatable bonds is 1. The summed E-state index contributed by atoms with van der Waals surface area (Å²) in [6.45, 7) is 0. The highest BCUT2D eigenvalue weighted by Crippen LogP contribution is 2.25. The molecule has 0 unspecified atom stereocenters. The highest BCUT2D eigenvalue weighted by molar-refractivity contribution is 6.29. The van der Waals surface area contributed by atoms with Crippen LogP contribution in [0.1, 0.15) is 12.0 Å². The van der Waals surface area contributed by atoms with Gasteiger partial charge >= 0.3 is 0 Å². The second kappa shape index (κ2) is 3.00. The van der Waals surface area contributed by atoms with Crippen LogP contribution in [-0.4, -0.2) is 4.98 Å². The first-order valence-electron chi connectivity index (χ1n) is 2.80. The van der Waals surface area contributed by atoms with Crippen molar-refractivity contribution in [2.24, 2.45) is 0 Å². The van der Waals surface area contributed by atoms with Crippen molar-refractivity contribution in [2.75, 3.05) is 5.73 Å². The molecule has 2 N–H and O–H groups in total. The molecular weight excluding hydrogens is 174 g/mol. The molecule has 11 heavy (non-hydrogen) atoms. The largest absolute Gasteiger partial charge is 0.397 e. The summed E-state index contributed by atoms with van der Waals surface area (Å²) in [4.78, 5) is 3.53. The Bertz CT molecular complexity index is 265. The van der Waals surface area contributed by atoms with Crippen LogP contribution in [0.2, 0.25) is 5.15 Å². The van der Waals surface area contributed by atoms with E-state index >= 15 is 0 Å². The zero-order valence-electron chi connectivity index (χ0n) is 5.39. The van der Waals surface area contributed by atoms with Gasteiger partial charge in [-0.25, -0.2) is 13.8 Å². The Labute approximate surface area is 67.0 Å². The number of hydrogen-bond acceptors (Lipinski definition) is 2. The number of alkyl halides is 2. The van der Waals surface area contributed by atoms with Crippen LogP contribution in [0.5, 0.6) is 0 Å². The first kappa shape index (κ1) is 8.20. The molecule has 1 aromatic heterocycles. The minimum atomic E-state index is -2.60. The van der Waals surface area contributed by atoms with E-state index in [1.807, 2.05) is 0 Å². The predicted molar refractivity (Wildman–Crippen MR) is 38.6 cm³/mol. The van der Waals surface area contributed by atoms with E-state index < -0.39 is 6.43 Å². The summed E-state index contributed by atoms with van der Waals surface area (Å²) in [7, 11) is 0. The number of anilines is 1. The highest BCUT2D eigenvalue weighted by Gasteiger charge is 2.11. The molecule has 0 aliphatic rings. The number of hydrogen-bond donors (Lipinski definition) is 1. The third-order valence-electron chi connectivity index (χ3n) is 1.17. The number of halogens is 3. The molecular formula is C6H5ClF2N2. The van der Waals surface area contributed by atoms with Gasteiger partial charge < -0.3 is 5.73 Å². The molecule has 0 aromatic carbocycles. The molecule has 0 aliphatic heterocycles. The van der Waals surface area contributed by atoms with E-state index in [0.717, 1.165) is 12.3 Å². The lowest BCUT2D eigenvalue weighted by atomic mass is 10.2. The molecule has 0 aliphatic carbocycles. The summed E-state index contributed by atoms with van der Waals surface area (Å²) >= 11 is 5.36. The van der Waals surface area contributed by atoms with Crippen molar-refractivity contribution in [3.8, 4) is 0 Å². The van der Waals surface area contributed by atoms with E-state index in [9.17, 15) is 8.78 Å². The van der Waals surface area contributed by atoms with Crippen LogP contribution in [0.25, 0.3) is 0 Å². The van der Waals surface area contributed by atoms with Crippen molar-refractivity contribution in [1.82, 2.24) is 4.98 Å². The van der Waals surface area contributed by atoms with Crippen LogP contribution in [0.15, 0.2) is 12.3 Å². The van der Waals surface area contributed by atoms with Gasteiger partial charge in [-0.05, 0) is 6.07 Å². The van der Waals surface area contributed by atoms with Gasteiger partial charge in [0.25, 0.3) is 6.43 Å². The Balaban J connectivity index is 3.13. The Kier molecular flexibility index (Phi) is 2.24. The van der Waals surface area contributed by atoms with Gasteiger partial charge in [0, 0.05) is 5.56 Å². The van der Waals surface area contributed by atoms with Crippen molar-refractivity contribution in [2.45, 2.75) is 6.43 Å². The maximum Gasteiger partial charge on any atom is 0.265 e. The van der Waals surface area contributed by atoms with Crippen molar-refractivity contribution in [3.05, 3.63) is 23.0 Å².